The van der Waals surface area contributed by atoms with Crippen molar-refractivity contribution in [2.75, 3.05) is 27.2 Å². The average Bonchev–Trinajstić information content (AvgIpc) is 2.68. The fraction of sp³-hybridized carbons (Fsp3) is 0.273. The van der Waals surface area contributed by atoms with E-state index in [2.05, 4.69) is 0 Å². The lowest BCUT2D eigenvalue weighted by molar-refractivity contribution is -0.148. The van der Waals surface area contributed by atoms with Crippen LogP contribution in [0.2, 0.25) is 0 Å². The highest BCUT2D eigenvalue weighted by Gasteiger charge is 2.28. The molecular weight excluding hydrogens is 404 g/mol. The lowest BCUT2D eigenvalue weighted by Crippen LogP contribution is -2.31. The van der Waals surface area contributed by atoms with Crippen LogP contribution >= 0.6 is 0 Å². The van der Waals surface area contributed by atoms with Crippen molar-refractivity contribution in [2.24, 2.45) is 5.73 Å². The second-order valence-electron chi connectivity index (χ2n) is 6.65. The van der Waals surface area contributed by atoms with E-state index in [1.807, 2.05) is 19.0 Å². The Labute approximate surface area is 180 Å². The molecule has 0 radical (unpaired) electrons. The van der Waals surface area contributed by atoms with Crippen molar-refractivity contribution in [3.63, 3.8) is 0 Å². The van der Waals surface area contributed by atoms with Gasteiger partial charge in [0.1, 0.15) is 12.4 Å². The number of likely N-dealkylation sites (N-methyl/N-ethyl adjacent to an activating group) is 1. The van der Waals surface area contributed by atoms with Crippen LogP contribution in [0.4, 0.5) is 0 Å². The van der Waals surface area contributed by atoms with Crippen molar-refractivity contribution < 1.29 is 33.8 Å². The van der Waals surface area contributed by atoms with Gasteiger partial charge in [-0.3, -0.25) is 14.4 Å². The maximum Gasteiger partial charge on any atom is 0.343 e. The summed E-state index contributed by atoms with van der Waals surface area (Å²) in [5.41, 5.74) is 6.07. The number of benzene rings is 2. The van der Waals surface area contributed by atoms with Crippen molar-refractivity contribution in [1.29, 1.82) is 0 Å². The first-order chi connectivity index (χ1) is 14.6. The van der Waals surface area contributed by atoms with Gasteiger partial charge in [0.05, 0.1) is 5.56 Å². The number of carboxylic acid groups (broad SMARTS) is 1. The number of nitrogens with two attached hydrogens (primary N) is 1. The molecule has 166 valence electrons. The van der Waals surface area contributed by atoms with Crippen LogP contribution in [0.15, 0.2) is 54.6 Å². The first-order valence-electron chi connectivity index (χ1n) is 9.29. The average molecular weight is 430 g/mol. The largest absolute Gasteiger partial charge is 0.481 e. The van der Waals surface area contributed by atoms with E-state index >= 15 is 0 Å². The summed E-state index contributed by atoms with van der Waals surface area (Å²) < 4.78 is 10.4. The summed E-state index contributed by atoms with van der Waals surface area (Å²) >= 11 is 0. The second-order valence-corrected chi connectivity index (χ2v) is 6.65. The Morgan fingerprint density at radius 1 is 1.03 bits per heavy atom. The number of hydrogen-bond donors (Lipinski definition) is 2. The minimum Gasteiger partial charge on any atom is -0.481 e. The van der Waals surface area contributed by atoms with Gasteiger partial charge in [0.2, 0.25) is 5.91 Å². The molecule has 2 rings (SSSR count). The number of ether oxygens (including phenoxy) is 2. The van der Waals surface area contributed by atoms with Crippen molar-refractivity contribution in [1.82, 2.24) is 4.90 Å². The predicted molar refractivity (Wildman–Crippen MR) is 113 cm³/mol. The van der Waals surface area contributed by atoms with E-state index in [1.165, 1.54) is 6.07 Å². The number of nitrogens with zero attached hydrogens (tertiary/aromatic N) is 1. The molecule has 31 heavy (non-hydrogen) atoms. The fourth-order valence-corrected chi connectivity index (χ4v) is 2.33. The molecule has 0 bridgehead atoms. The number of carboxylic acids is 1. The Morgan fingerprint density at radius 3 is 2.19 bits per heavy atom. The molecule has 0 heterocycles. The zero-order chi connectivity index (χ0) is 23.4. The van der Waals surface area contributed by atoms with Crippen LogP contribution in [0, 0.1) is 0 Å². The van der Waals surface area contributed by atoms with Crippen LogP contribution in [0.3, 0.4) is 0 Å². The van der Waals surface area contributed by atoms with E-state index in [0.29, 0.717) is 17.7 Å². The maximum atomic E-state index is 12.3. The highest BCUT2D eigenvalue weighted by molar-refractivity contribution is 6.02. The van der Waals surface area contributed by atoms with Gasteiger partial charge in [0, 0.05) is 13.5 Å². The molecule has 0 aliphatic carbocycles. The second kappa shape index (κ2) is 12.8. The first-order valence-corrected chi connectivity index (χ1v) is 9.29. The lowest BCUT2D eigenvalue weighted by atomic mass is 9.98. The number of amides is 1. The third-order valence-corrected chi connectivity index (χ3v) is 3.71. The Hall–Kier alpha value is -3.72. The van der Waals surface area contributed by atoms with Crippen LogP contribution in [-0.4, -0.2) is 61.1 Å². The zero-order valence-electron chi connectivity index (χ0n) is 17.6. The van der Waals surface area contributed by atoms with Gasteiger partial charge in [-0.05, 0) is 43.9 Å². The summed E-state index contributed by atoms with van der Waals surface area (Å²) in [7, 11) is 3.67. The Morgan fingerprint density at radius 2 is 1.65 bits per heavy atom. The number of esters is 2. The van der Waals surface area contributed by atoms with Crippen LogP contribution in [0.25, 0.3) is 0 Å². The van der Waals surface area contributed by atoms with Gasteiger partial charge in [0.25, 0.3) is 5.97 Å². The van der Waals surface area contributed by atoms with Crippen LogP contribution in [-0.2, 0) is 19.1 Å². The Bertz CT molecular complexity index is 894. The van der Waals surface area contributed by atoms with Gasteiger partial charge < -0.3 is 25.2 Å². The van der Waals surface area contributed by atoms with Crippen molar-refractivity contribution >= 4 is 23.8 Å². The number of rotatable bonds is 8. The minimum absolute atomic E-state index is 0.137. The summed E-state index contributed by atoms with van der Waals surface area (Å²) in [5, 5.41) is 7.42. The zero-order valence-corrected chi connectivity index (χ0v) is 17.6. The molecule has 0 aliphatic heterocycles. The van der Waals surface area contributed by atoms with Crippen molar-refractivity contribution in [2.45, 2.75) is 12.8 Å². The quantitative estimate of drug-likeness (QED) is 0.367. The molecule has 9 nitrogen and oxygen atoms in total. The smallest absolute Gasteiger partial charge is 0.343 e. The first kappa shape index (κ1) is 25.3. The molecule has 9 heteroatoms. The van der Waals surface area contributed by atoms with Crippen LogP contribution in [0.5, 0.6) is 5.75 Å². The molecule has 1 amide bonds. The van der Waals surface area contributed by atoms with E-state index in [4.69, 9.17) is 25.1 Å². The highest BCUT2D eigenvalue weighted by Crippen LogP contribution is 2.23. The molecular formula is C22H26N2O7. The SMILES string of the molecule is CC(=O)O.CN(C)CCOC(=O)C(C(N)=O)c1cccc(OC(=O)c2ccccc2)c1. The summed E-state index contributed by atoms with van der Waals surface area (Å²) in [5.74, 6) is -4.03. The standard InChI is InChI=1S/C20H22N2O5.C2H4O2/c1-22(2)11-12-26-20(25)17(18(21)23)15-9-6-10-16(13-15)27-19(24)14-7-4-3-5-8-14;1-2(3)4/h3-10,13,17H,11-12H2,1-2H3,(H2,21,23);1H3,(H,3,4). The van der Waals surface area contributed by atoms with E-state index in [0.717, 1.165) is 6.92 Å². The van der Waals surface area contributed by atoms with Gasteiger partial charge >= 0.3 is 11.9 Å². The number of carbonyl (C=O) groups is 4. The summed E-state index contributed by atoms with van der Waals surface area (Å²) in [6.45, 7) is 1.74. The molecule has 2 aromatic rings. The molecule has 0 aliphatic rings. The predicted octanol–water partition coefficient (Wildman–Crippen LogP) is 1.67. The van der Waals surface area contributed by atoms with E-state index in [9.17, 15) is 14.4 Å². The van der Waals surface area contributed by atoms with Gasteiger partial charge in [-0.2, -0.15) is 0 Å². The maximum absolute atomic E-state index is 12.3. The highest BCUT2D eigenvalue weighted by atomic mass is 16.5. The van der Waals surface area contributed by atoms with Crippen molar-refractivity contribution in [3.8, 4) is 5.75 Å². The van der Waals surface area contributed by atoms with Gasteiger partial charge in [-0.15, -0.1) is 0 Å². The lowest BCUT2D eigenvalue weighted by Gasteiger charge is -2.15. The summed E-state index contributed by atoms with van der Waals surface area (Å²) in [6, 6.07) is 14.6. The monoisotopic (exact) mass is 430 g/mol. The summed E-state index contributed by atoms with van der Waals surface area (Å²) in [6.07, 6.45) is 0. The number of aliphatic carboxylic acids is 1. The van der Waals surface area contributed by atoms with Gasteiger partial charge in [0.15, 0.2) is 5.92 Å². The number of hydrogen-bond acceptors (Lipinski definition) is 7. The Kier molecular flexibility index (Phi) is 10.4. The van der Waals surface area contributed by atoms with Gasteiger partial charge in [-0.25, -0.2) is 4.79 Å². The third kappa shape index (κ3) is 9.55. The van der Waals surface area contributed by atoms with E-state index < -0.39 is 29.7 Å². The number of carbonyl (C=O) groups excluding carboxylic acids is 3. The normalized spacial score (nSPS) is 11.0. The molecule has 1 unspecified atom stereocenters. The molecule has 0 spiro atoms. The molecule has 1 atom stereocenters. The molecule has 3 N–H and O–H groups in total. The minimum atomic E-state index is -1.28. The van der Waals surface area contributed by atoms with E-state index in [1.54, 1.807) is 48.5 Å². The van der Waals surface area contributed by atoms with Crippen LogP contribution in [0.1, 0.15) is 28.8 Å². The van der Waals surface area contributed by atoms with Crippen LogP contribution < -0.4 is 10.5 Å². The molecule has 0 saturated carbocycles. The van der Waals surface area contributed by atoms with Crippen molar-refractivity contribution in [3.05, 3.63) is 65.7 Å². The summed E-state index contributed by atoms with van der Waals surface area (Å²) in [4.78, 5) is 47.1. The Balaban J connectivity index is 0.00000110. The topological polar surface area (TPSA) is 136 Å². The number of primary amides is 1. The molecule has 0 saturated heterocycles. The van der Waals surface area contributed by atoms with Gasteiger partial charge in [-0.1, -0.05) is 30.3 Å². The molecule has 2 aromatic carbocycles. The molecule has 0 fully saturated rings. The third-order valence-electron chi connectivity index (χ3n) is 3.71. The van der Waals surface area contributed by atoms with E-state index in [-0.39, 0.29) is 12.4 Å². The fourth-order valence-electron chi connectivity index (χ4n) is 2.33. The molecule has 0 aromatic heterocycles.